The third-order valence-electron chi connectivity index (χ3n) is 3.24. The molecule has 5 nitrogen and oxygen atoms in total. The molecular formula is C17H29NO4S. The number of methoxy groups -OCH3 is 1. The summed E-state index contributed by atoms with van der Waals surface area (Å²) in [5.41, 5.74) is 0. The van der Waals surface area contributed by atoms with Crippen molar-refractivity contribution in [3.05, 3.63) is 11.5 Å². The molecule has 0 heterocycles. The zero-order chi connectivity index (χ0) is 17.3. The van der Waals surface area contributed by atoms with E-state index in [1.54, 1.807) is 0 Å². The Hall–Kier alpha value is -1.30. The Morgan fingerprint density at radius 1 is 1.00 bits per heavy atom. The molecule has 0 rings (SSSR count). The lowest BCUT2D eigenvalue weighted by Gasteiger charge is -2.02. The van der Waals surface area contributed by atoms with Gasteiger partial charge in [-0.25, -0.2) is 0 Å². The van der Waals surface area contributed by atoms with Gasteiger partial charge in [-0.1, -0.05) is 50.8 Å². The van der Waals surface area contributed by atoms with E-state index in [-0.39, 0.29) is 23.4 Å². The zero-order valence-corrected chi connectivity index (χ0v) is 15.1. The fourth-order valence-electron chi connectivity index (χ4n) is 1.89. The highest BCUT2D eigenvalue weighted by Gasteiger charge is 2.04. The van der Waals surface area contributed by atoms with E-state index in [0.717, 1.165) is 24.6 Å². The Labute approximate surface area is 143 Å². The van der Waals surface area contributed by atoms with Gasteiger partial charge in [0.2, 0.25) is 5.91 Å². The lowest BCUT2D eigenvalue weighted by Crippen LogP contribution is -2.21. The fraction of sp³-hybridized carbons (Fsp3) is 0.706. The summed E-state index contributed by atoms with van der Waals surface area (Å²) in [6.07, 6.45) is 9.50. The molecule has 0 radical (unpaired) electrons. The van der Waals surface area contributed by atoms with Crippen molar-refractivity contribution in [2.75, 3.05) is 13.7 Å². The molecule has 0 saturated heterocycles. The normalized spacial score (nSPS) is 10.7. The topological polar surface area (TPSA) is 72.5 Å². The third-order valence-corrected chi connectivity index (χ3v) is 3.98. The van der Waals surface area contributed by atoms with Crippen LogP contribution in [0.25, 0.3) is 0 Å². The quantitative estimate of drug-likeness (QED) is 0.314. The molecule has 0 aromatic carbocycles. The van der Waals surface area contributed by atoms with Crippen LogP contribution in [0.15, 0.2) is 11.5 Å². The van der Waals surface area contributed by atoms with Crippen LogP contribution in [0, 0.1) is 0 Å². The van der Waals surface area contributed by atoms with E-state index in [0.29, 0.717) is 19.4 Å². The molecule has 0 aliphatic rings. The van der Waals surface area contributed by atoms with E-state index in [2.05, 4.69) is 17.0 Å². The summed E-state index contributed by atoms with van der Waals surface area (Å²) in [4.78, 5) is 33.9. The number of hydrogen-bond acceptors (Lipinski definition) is 5. The van der Waals surface area contributed by atoms with Crippen LogP contribution in [0.1, 0.15) is 64.7 Å². The van der Waals surface area contributed by atoms with Gasteiger partial charge in [0.1, 0.15) is 0 Å². The minimum atomic E-state index is -0.313. The Balaban J connectivity index is 3.56. The Morgan fingerprint density at radius 2 is 1.70 bits per heavy atom. The van der Waals surface area contributed by atoms with Gasteiger partial charge in [-0.2, -0.15) is 0 Å². The predicted octanol–water partition coefficient (Wildman–Crippen LogP) is 3.58. The highest BCUT2D eigenvalue weighted by molar-refractivity contribution is 8.16. The van der Waals surface area contributed by atoms with Crippen LogP contribution in [0.2, 0.25) is 0 Å². The van der Waals surface area contributed by atoms with Crippen LogP contribution < -0.4 is 5.32 Å². The van der Waals surface area contributed by atoms with Gasteiger partial charge >= 0.3 is 5.97 Å². The van der Waals surface area contributed by atoms with E-state index < -0.39 is 0 Å². The first-order valence-corrected chi connectivity index (χ1v) is 9.18. The molecular weight excluding hydrogens is 314 g/mol. The van der Waals surface area contributed by atoms with Crippen molar-refractivity contribution < 1.29 is 19.1 Å². The van der Waals surface area contributed by atoms with Crippen molar-refractivity contribution in [2.24, 2.45) is 0 Å². The molecule has 0 aliphatic carbocycles. The SMILES string of the molecule is CCCCCCCCNC(=O)/C=C\SC(=O)CCCC(=O)OC. The molecule has 0 unspecified atom stereocenters. The summed E-state index contributed by atoms with van der Waals surface area (Å²) in [6, 6.07) is 0. The summed E-state index contributed by atoms with van der Waals surface area (Å²) in [5, 5.41) is 4.24. The second-order valence-electron chi connectivity index (χ2n) is 5.28. The predicted molar refractivity (Wildman–Crippen MR) is 94.0 cm³/mol. The van der Waals surface area contributed by atoms with Crippen molar-refractivity contribution in [2.45, 2.75) is 64.7 Å². The number of amides is 1. The van der Waals surface area contributed by atoms with Crippen molar-refractivity contribution in [3.63, 3.8) is 0 Å². The standard InChI is InChI=1S/C17H29NO4S/c1-3-4-5-6-7-8-13-18-15(19)12-14-23-17(21)11-9-10-16(20)22-2/h12,14H,3-11,13H2,1-2H3,(H,18,19)/b14-12-. The number of hydrogen-bond donors (Lipinski definition) is 1. The molecule has 132 valence electrons. The number of ether oxygens (including phenoxy) is 1. The average Bonchev–Trinajstić information content (AvgIpc) is 2.53. The number of thioether (sulfide) groups is 1. The van der Waals surface area contributed by atoms with E-state index in [9.17, 15) is 14.4 Å². The van der Waals surface area contributed by atoms with Crippen LogP contribution in [0.3, 0.4) is 0 Å². The molecule has 23 heavy (non-hydrogen) atoms. The second-order valence-corrected chi connectivity index (χ2v) is 6.24. The first kappa shape index (κ1) is 21.7. The summed E-state index contributed by atoms with van der Waals surface area (Å²) < 4.78 is 4.49. The van der Waals surface area contributed by atoms with E-state index in [1.807, 2.05) is 0 Å². The summed E-state index contributed by atoms with van der Waals surface area (Å²) in [7, 11) is 1.32. The minimum absolute atomic E-state index is 0.0612. The first-order chi connectivity index (χ1) is 11.1. The van der Waals surface area contributed by atoms with E-state index >= 15 is 0 Å². The van der Waals surface area contributed by atoms with Crippen molar-refractivity contribution >= 4 is 28.8 Å². The van der Waals surface area contributed by atoms with Crippen LogP contribution in [0.5, 0.6) is 0 Å². The van der Waals surface area contributed by atoms with Gasteiger partial charge < -0.3 is 10.1 Å². The van der Waals surface area contributed by atoms with Gasteiger partial charge in [0.15, 0.2) is 5.12 Å². The minimum Gasteiger partial charge on any atom is -0.469 e. The van der Waals surface area contributed by atoms with Crippen molar-refractivity contribution in [1.82, 2.24) is 5.32 Å². The number of esters is 1. The molecule has 1 N–H and O–H groups in total. The zero-order valence-electron chi connectivity index (χ0n) is 14.3. The number of rotatable bonds is 13. The van der Waals surface area contributed by atoms with Gasteiger partial charge in [-0.05, 0) is 18.2 Å². The van der Waals surface area contributed by atoms with E-state index in [4.69, 9.17) is 0 Å². The molecule has 0 atom stereocenters. The fourth-order valence-corrected chi connectivity index (χ4v) is 2.49. The van der Waals surface area contributed by atoms with Crippen molar-refractivity contribution in [1.29, 1.82) is 0 Å². The summed E-state index contributed by atoms with van der Waals surface area (Å²) >= 11 is 0.984. The van der Waals surface area contributed by atoms with Gasteiger partial charge in [-0.3, -0.25) is 14.4 Å². The molecule has 0 fully saturated rings. The Morgan fingerprint density at radius 3 is 2.39 bits per heavy atom. The monoisotopic (exact) mass is 343 g/mol. The molecule has 6 heteroatoms. The molecule has 0 aromatic rings. The lowest BCUT2D eigenvalue weighted by molar-refractivity contribution is -0.140. The molecule has 0 spiro atoms. The van der Waals surface area contributed by atoms with Crippen LogP contribution >= 0.6 is 11.8 Å². The maximum atomic E-state index is 11.5. The maximum absolute atomic E-state index is 11.5. The van der Waals surface area contributed by atoms with Crippen LogP contribution in [-0.4, -0.2) is 30.6 Å². The number of carbonyl (C=O) groups excluding carboxylic acids is 3. The maximum Gasteiger partial charge on any atom is 0.305 e. The van der Waals surface area contributed by atoms with Crippen LogP contribution in [-0.2, 0) is 19.1 Å². The number of carbonyl (C=O) groups is 3. The third kappa shape index (κ3) is 15.4. The molecule has 0 aromatic heterocycles. The number of nitrogens with one attached hydrogen (secondary N) is 1. The largest absolute Gasteiger partial charge is 0.469 e. The first-order valence-electron chi connectivity index (χ1n) is 8.30. The molecule has 0 saturated carbocycles. The van der Waals surface area contributed by atoms with E-state index in [1.165, 1.54) is 44.3 Å². The van der Waals surface area contributed by atoms with Gasteiger partial charge in [0.05, 0.1) is 7.11 Å². The summed E-state index contributed by atoms with van der Waals surface area (Å²) in [5.74, 6) is -0.485. The molecule has 0 aliphatic heterocycles. The Kier molecular flexibility index (Phi) is 14.7. The van der Waals surface area contributed by atoms with Gasteiger partial charge in [0, 0.05) is 25.5 Å². The van der Waals surface area contributed by atoms with Crippen molar-refractivity contribution in [3.8, 4) is 0 Å². The number of unbranched alkanes of at least 4 members (excludes halogenated alkanes) is 5. The molecule has 1 amide bonds. The van der Waals surface area contributed by atoms with Gasteiger partial charge in [-0.15, -0.1) is 0 Å². The molecule has 0 bridgehead atoms. The van der Waals surface area contributed by atoms with Gasteiger partial charge in [0.25, 0.3) is 0 Å². The van der Waals surface area contributed by atoms with Crippen LogP contribution in [0.4, 0.5) is 0 Å². The second kappa shape index (κ2) is 15.6. The average molecular weight is 343 g/mol. The summed E-state index contributed by atoms with van der Waals surface area (Å²) in [6.45, 7) is 2.86. The Bertz CT molecular complexity index is 383. The lowest BCUT2D eigenvalue weighted by atomic mass is 10.1. The highest BCUT2D eigenvalue weighted by atomic mass is 32.2. The smallest absolute Gasteiger partial charge is 0.305 e. The highest BCUT2D eigenvalue weighted by Crippen LogP contribution is 2.10.